The quantitative estimate of drug-likeness (QED) is 0.511. The first-order chi connectivity index (χ1) is 5.95. The largest absolute Gasteiger partial charge is 0.466 e. The molecular formula is C10H20O3. The van der Waals surface area contributed by atoms with Gasteiger partial charge in [-0.15, -0.1) is 0 Å². The van der Waals surface area contributed by atoms with E-state index in [0.29, 0.717) is 6.61 Å². The topological polar surface area (TPSA) is 46.5 Å². The van der Waals surface area contributed by atoms with Gasteiger partial charge in [-0.05, 0) is 20.3 Å². The zero-order chi connectivity index (χ0) is 10.3. The monoisotopic (exact) mass is 188 g/mol. The van der Waals surface area contributed by atoms with Gasteiger partial charge >= 0.3 is 5.97 Å². The van der Waals surface area contributed by atoms with Crippen LogP contribution in [-0.2, 0) is 9.53 Å². The molecule has 0 unspecified atom stereocenters. The Kier molecular flexibility index (Phi) is 5.71. The van der Waals surface area contributed by atoms with Gasteiger partial charge in [0.25, 0.3) is 0 Å². The molecule has 0 atom stereocenters. The molecule has 0 bridgehead atoms. The van der Waals surface area contributed by atoms with Crippen molar-refractivity contribution in [2.75, 3.05) is 6.61 Å². The van der Waals surface area contributed by atoms with Gasteiger partial charge in [0.1, 0.15) is 0 Å². The van der Waals surface area contributed by atoms with Crippen LogP contribution in [0.3, 0.4) is 0 Å². The molecule has 13 heavy (non-hydrogen) atoms. The standard InChI is InChI=1S/C10H20O3/c1-4-5-6-7-13-9(11)8-10(2,3)12/h12H,4-8H2,1-3H3. The van der Waals surface area contributed by atoms with Crippen LogP contribution in [0.15, 0.2) is 0 Å². The highest BCUT2D eigenvalue weighted by molar-refractivity contribution is 5.70. The van der Waals surface area contributed by atoms with Crippen LogP contribution < -0.4 is 0 Å². The fraction of sp³-hybridized carbons (Fsp3) is 0.900. The highest BCUT2D eigenvalue weighted by Gasteiger charge is 2.18. The van der Waals surface area contributed by atoms with Gasteiger partial charge in [-0.3, -0.25) is 4.79 Å². The zero-order valence-electron chi connectivity index (χ0n) is 8.80. The summed E-state index contributed by atoms with van der Waals surface area (Å²) in [4.78, 5) is 11.0. The summed E-state index contributed by atoms with van der Waals surface area (Å²) in [5, 5.41) is 9.29. The number of aliphatic hydroxyl groups is 1. The lowest BCUT2D eigenvalue weighted by Gasteiger charge is -2.15. The van der Waals surface area contributed by atoms with E-state index in [1.807, 2.05) is 0 Å². The summed E-state index contributed by atoms with van der Waals surface area (Å²) in [6.07, 6.45) is 3.17. The second-order valence-corrected chi connectivity index (χ2v) is 3.92. The van der Waals surface area contributed by atoms with Gasteiger partial charge < -0.3 is 9.84 Å². The van der Waals surface area contributed by atoms with Crippen molar-refractivity contribution in [2.45, 2.75) is 52.1 Å². The van der Waals surface area contributed by atoms with Crippen LogP contribution in [0.4, 0.5) is 0 Å². The van der Waals surface area contributed by atoms with Crippen LogP contribution >= 0.6 is 0 Å². The lowest BCUT2D eigenvalue weighted by Crippen LogP contribution is -2.24. The summed E-state index contributed by atoms with van der Waals surface area (Å²) < 4.78 is 4.92. The van der Waals surface area contributed by atoms with Crippen molar-refractivity contribution in [3.05, 3.63) is 0 Å². The first kappa shape index (κ1) is 12.4. The summed E-state index contributed by atoms with van der Waals surface area (Å²) in [6, 6.07) is 0. The van der Waals surface area contributed by atoms with Crippen LogP contribution in [0.25, 0.3) is 0 Å². The number of ether oxygens (including phenoxy) is 1. The van der Waals surface area contributed by atoms with Crippen LogP contribution in [-0.4, -0.2) is 23.3 Å². The van der Waals surface area contributed by atoms with E-state index in [4.69, 9.17) is 4.74 Å². The van der Waals surface area contributed by atoms with Crippen LogP contribution in [0.5, 0.6) is 0 Å². The first-order valence-corrected chi connectivity index (χ1v) is 4.83. The Balaban J connectivity index is 3.41. The van der Waals surface area contributed by atoms with E-state index in [2.05, 4.69) is 6.92 Å². The molecule has 0 spiro atoms. The van der Waals surface area contributed by atoms with E-state index in [9.17, 15) is 9.90 Å². The number of esters is 1. The van der Waals surface area contributed by atoms with Crippen LogP contribution in [0.1, 0.15) is 46.5 Å². The van der Waals surface area contributed by atoms with Crippen molar-refractivity contribution >= 4 is 5.97 Å². The number of hydrogen-bond acceptors (Lipinski definition) is 3. The average Bonchev–Trinajstić information content (AvgIpc) is 1.94. The molecule has 0 aliphatic carbocycles. The first-order valence-electron chi connectivity index (χ1n) is 4.83. The summed E-state index contributed by atoms with van der Waals surface area (Å²) in [5.41, 5.74) is -0.957. The molecule has 78 valence electrons. The molecule has 3 heteroatoms. The Hall–Kier alpha value is -0.570. The van der Waals surface area contributed by atoms with Crippen molar-refractivity contribution in [1.29, 1.82) is 0 Å². The van der Waals surface area contributed by atoms with Gasteiger partial charge in [-0.2, -0.15) is 0 Å². The molecule has 0 saturated heterocycles. The van der Waals surface area contributed by atoms with E-state index in [0.717, 1.165) is 19.3 Å². The Morgan fingerprint density at radius 1 is 1.38 bits per heavy atom. The number of rotatable bonds is 6. The normalized spacial score (nSPS) is 11.4. The lowest BCUT2D eigenvalue weighted by atomic mass is 10.1. The number of carbonyl (C=O) groups excluding carboxylic acids is 1. The Morgan fingerprint density at radius 2 is 2.00 bits per heavy atom. The number of unbranched alkanes of at least 4 members (excludes halogenated alkanes) is 2. The third-order valence-electron chi connectivity index (χ3n) is 1.59. The van der Waals surface area contributed by atoms with Gasteiger partial charge in [-0.1, -0.05) is 19.8 Å². The Morgan fingerprint density at radius 3 is 2.46 bits per heavy atom. The minimum absolute atomic E-state index is 0.0686. The summed E-state index contributed by atoms with van der Waals surface area (Å²) >= 11 is 0. The minimum atomic E-state index is -0.957. The van der Waals surface area contributed by atoms with Crippen molar-refractivity contribution in [3.63, 3.8) is 0 Å². The molecule has 0 aromatic rings. The lowest BCUT2D eigenvalue weighted by molar-refractivity contribution is -0.148. The maximum Gasteiger partial charge on any atom is 0.308 e. The van der Waals surface area contributed by atoms with Crippen molar-refractivity contribution in [3.8, 4) is 0 Å². The van der Waals surface area contributed by atoms with E-state index >= 15 is 0 Å². The van der Waals surface area contributed by atoms with Gasteiger partial charge in [0.05, 0.1) is 18.6 Å². The molecule has 0 radical (unpaired) electrons. The van der Waals surface area contributed by atoms with E-state index < -0.39 is 5.60 Å². The highest BCUT2D eigenvalue weighted by Crippen LogP contribution is 2.08. The number of hydrogen-bond donors (Lipinski definition) is 1. The summed E-state index contributed by atoms with van der Waals surface area (Å²) in [6.45, 7) is 5.77. The van der Waals surface area contributed by atoms with E-state index in [1.165, 1.54) is 0 Å². The van der Waals surface area contributed by atoms with Gasteiger partial charge in [0, 0.05) is 0 Å². The fourth-order valence-electron chi connectivity index (χ4n) is 0.942. The molecule has 0 aliphatic rings. The van der Waals surface area contributed by atoms with Crippen LogP contribution in [0.2, 0.25) is 0 Å². The van der Waals surface area contributed by atoms with E-state index in [1.54, 1.807) is 13.8 Å². The Bertz CT molecular complexity index is 147. The van der Waals surface area contributed by atoms with Crippen molar-refractivity contribution < 1.29 is 14.6 Å². The average molecular weight is 188 g/mol. The zero-order valence-corrected chi connectivity index (χ0v) is 8.80. The molecule has 0 heterocycles. The predicted molar refractivity (Wildman–Crippen MR) is 51.4 cm³/mol. The summed E-state index contributed by atoms with van der Waals surface area (Å²) in [7, 11) is 0. The molecule has 0 amide bonds. The molecule has 0 aliphatic heterocycles. The molecule has 0 aromatic heterocycles. The smallest absolute Gasteiger partial charge is 0.308 e. The molecule has 0 fully saturated rings. The van der Waals surface area contributed by atoms with Gasteiger partial charge in [0.2, 0.25) is 0 Å². The third kappa shape index (κ3) is 9.34. The summed E-state index contributed by atoms with van der Waals surface area (Å²) in [5.74, 6) is -0.316. The van der Waals surface area contributed by atoms with E-state index in [-0.39, 0.29) is 12.4 Å². The maximum absolute atomic E-state index is 11.0. The van der Waals surface area contributed by atoms with Gasteiger partial charge in [0.15, 0.2) is 0 Å². The van der Waals surface area contributed by atoms with Crippen molar-refractivity contribution in [1.82, 2.24) is 0 Å². The SMILES string of the molecule is CCCCCOC(=O)CC(C)(C)O. The third-order valence-corrected chi connectivity index (χ3v) is 1.59. The molecule has 3 nitrogen and oxygen atoms in total. The second kappa shape index (κ2) is 5.97. The van der Waals surface area contributed by atoms with Crippen molar-refractivity contribution in [2.24, 2.45) is 0 Å². The second-order valence-electron chi connectivity index (χ2n) is 3.92. The fourth-order valence-corrected chi connectivity index (χ4v) is 0.942. The maximum atomic E-state index is 11.0. The highest BCUT2D eigenvalue weighted by atomic mass is 16.5. The molecule has 0 rings (SSSR count). The molecule has 0 saturated carbocycles. The molecule has 0 aromatic carbocycles. The number of carbonyl (C=O) groups is 1. The Labute approximate surface area is 80.1 Å². The minimum Gasteiger partial charge on any atom is -0.466 e. The predicted octanol–water partition coefficient (Wildman–Crippen LogP) is 1.88. The van der Waals surface area contributed by atoms with Gasteiger partial charge in [-0.25, -0.2) is 0 Å². The van der Waals surface area contributed by atoms with Crippen LogP contribution in [0, 0.1) is 0 Å². The molecular weight excluding hydrogens is 168 g/mol. The molecule has 1 N–H and O–H groups in total.